The number of aromatic nitrogens is 1. The number of hydrogen-bond donors (Lipinski definition) is 0. The van der Waals surface area contributed by atoms with Gasteiger partial charge in [0.15, 0.2) is 16.3 Å². The molecule has 1 aromatic heterocycles. The van der Waals surface area contributed by atoms with Crippen LogP contribution in [0.2, 0.25) is 0 Å². The highest BCUT2D eigenvalue weighted by Crippen LogP contribution is 2.32. The quantitative estimate of drug-likeness (QED) is 0.206. The predicted octanol–water partition coefficient (Wildman–Crippen LogP) is 5.56. The summed E-state index contributed by atoms with van der Waals surface area (Å²) >= 11 is 1.27. The number of hydrogen-bond acceptors (Lipinski definition) is 8. The van der Waals surface area contributed by atoms with Gasteiger partial charge in [-0.25, -0.2) is 9.79 Å². The second-order valence-corrected chi connectivity index (χ2v) is 11.5. The van der Waals surface area contributed by atoms with Crippen molar-refractivity contribution in [2.75, 3.05) is 13.2 Å². The van der Waals surface area contributed by atoms with Gasteiger partial charge in [0, 0.05) is 0 Å². The second-order valence-electron chi connectivity index (χ2n) is 10.5. The maximum Gasteiger partial charge on any atom is 0.338 e. The van der Waals surface area contributed by atoms with Crippen molar-refractivity contribution in [2.24, 2.45) is 4.99 Å². The Morgan fingerprint density at radius 2 is 1.73 bits per heavy atom. The topological polar surface area (TPSA) is 88.4 Å². The van der Waals surface area contributed by atoms with Crippen molar-refractivity contribution >= 4 is 23.4 Å². The highest BCUT2D eigenvalue weighted by Gasteiger charge is 2.33. The standard InChI is InChI=1S/C35H36N2O6S/c1-6-40-29-19-25(13-18-28(29)42-21-24-11-9-8-10-12-24)20-30-33(38)37-32(26-14-16-27(17-15-26)43-22(3)4)31(34(39)41-7-2)23(5)36-35(37)44-30/h8-20,22,32H,6-7,21H2,1-5H3/b30-20-/t32-/m1/s1. The molecule has 1 aliphatic heterocycles. The van der Waals surface area contributed by atoms with Gasteiger partial charge >= 0.3 is 5.97 Å². The van der Waals surface area contributed by atoms with Gasteiger partial charge in [0.25, 0.3) is 5.56 Å². The molecule has 0 bridgehead atoms. The van der Waals surface area contributed by atoms with Crippen molar-refractivity contribution in [2.45, 2.75) is 53.4 Å². The summed E-state index contributed by atoms with van der Waals surface area (Å²) in [4.78, 5) is 32.4. The zero-order valence-corrected chi connectivity index (χ0v) is 26.4. The number of fused-ring (bicyclic) bond motifs is 1. The first kappa shape index (κ1) is 30.8. The van der Waals surface area contributed by atoms with Crippen LogP contribution in [0.1, 0.15) is 57.4 Å². The monoisotopic (exact) mass is 612 g/mol. The predicted molar refractivity (Wildman–Crippen MR) is 171 cm³/mol. The van der Waals surface area contributed by atoms with Gasteiger partial charge in [-0.15, -0.1) is 0 Å². The Kier molecular flexibility index (Phi) is 9.65. The fourth-order valence-electron chi connectivity index (χ4n) is 5.00. The van der Waals surface area contributed by atoms with Crippen LogP contribution in [0.3, 0.4) is 0 Å². The van der Waals surface area contributed by atoms with Crippen molar-refractivity contribution in [3.8, 4) is 17.2 Å². The minimum absolute atomic E-state index is 0.0171. The van der Waals surface area contributed by atoms with E-state index in [0.29, 0.717) is 51.1 Å². The summed E-state index contributed by atoms with van der Waals surface area (Å²) in [6, 6.07) is 22.3. The van der Waals surface area contributed by atoms with Gasteiger partial charge in [-0.05, 0) is 81.7 Å². The van der Waals surface area contributed by atoms with Gasteiger partial charge in [-0.2, -0.15) is 0 Å². The third-order valence-electron chi connectivity index (χ3n) is 6.89. The van der Waals surface area contributed by atoms with Crippen LogP contribution in [0, 0.1) is 0 Å². The first-order valence-electron chi connectivity index (χ1n) is 14.7. The molecule has 1 aliphatic rings. The SMILES string of the molecule is CCOC(=O)C1=C(C)N=c2s/c(=C\c3ccc(OCc4ccccc4)c(OCC)c3)c(=O)n2[C@@H]1c1ccc(OC(C)C)cc1. The minimum Gasteiger partial charge on any atom is -0.491 e. The van der Waals surface area contributed by atoms with E-state index < -0.39 is 12.0 Å². The molecule has 0 saturated heterocycles. The van der Waals surface area contributed by atoms with Gasteiger partial charge in [-0.1, -0.05) is 59.9 Å². The zero-order chi connectivity index (χ0) is 31.2. The summed E-state index contributed by atoms with van der Waals surface area (Å²) in [7, 11) is 0. The Bertz CT molecular complexity index is 1840. The van der Waals surface area contributed by atoms with Crippen molar-refractivity contribution < 1.29 is 23.7 Å². The second kappa shape index (κ2) is 13.8. The Balaban J connectivity index is 1.55. The molecule has 1 atom stereocenters. The van der Waals surface area contributed by atoms with E-state index in [9.17, 15) is 9.59 Å². The molecule has 0 radical (unpaired) electrons. The number of allylic oxidation sites excluding steroid dienone is 1. The van der Waals surface area contributed by atoms with Crippen LogP contribution < -0.4 is 29.1 Å². The third kappa shape index (κ3) is 6.78. The lowest BCUT2D eigenvalue weighted by Crippen LogP contribution is -2.39. The molecule has 3 aromatic carbocycles. The van der Waals surface area contributed by atoms with Crippen LogP contribution in [0.5, 0.6) is 17.2 Å². The van der Waals surface area contributed by atoms with Crippen LogP contribution in [0.4, 0.5) is 0 Å². The summed E-state index contributed by atoms with van der Waals surface area (Å²) in [5.74, 6) is 1.42. The third-order valence-corrected chi connectivity index (χ3v) is 7.87. The van der Waals surface area contributed by atoms with Crippen LogP contribution in [0.15, 0.2) is 93.9 Å². The van der Waals surface area contributed by atoms with Gasteiger partial charge in [0.1, 0.15) is 12.4 Å². The molecule has 0 fully saturated rings. The molecular formula is C35H36N2O6S. The summed E-state index contributed by atoms with van der Waals surface area (Å²) in [6.07, 6.45) is 1.83. The highest BCUT2D eigenvalue weighted by molar-refractivity contribution is 7.07. The Morgan fingerprint density at radius 1 is 0.977 bits per heavy atom. The van der Waals surface area contributed by atoms with Crippen LogP contribution in [-0.2, 0) is 16.1 Å². The number of esters is 1. The van der Waals surface area contributed by atoms with Crippen molar-refractivity contribution in [3.05, 3.63) is 120 Å². The summed E-state index contributed by atoms with van der Waals surface area (Å²) < 4.78 is 25.2. The molecule has 0 unspecified atom stereocenters. The fraction of sp³-hybridized carbons (Fsp3) is 0.286. The van der Waals surface area contributed by atoms with Crippen molar-refractivity contribution in [1.82, 2.24) is 4.57 Å². The molecule has 228 valence electrons. The Hall–Kier alpha value is -4.63. The largest absolute Gasteiger partial charge is 0.491 e. The Morgan fingerprint density at radius 3 is 2.41 bits per heavy atom. The molecule has 0 spiro atoms. The lowest BCUT2D eigenvalue weighted by molar-refractivity contribution is -0.139. The molecule has 4 aromatic rings. The van der Waals surface area contributed by atoms with Gasteiger partial charge in [-0.3, -0.25) is 9.36 Å². The minimum atomic E-state index is -0.701. The Labute approximate surface area is 260 Å². The number of ether oxygens (including phenoxy) is 4. The van der Waals surface area contributed by atoms with E-state index in [-0.39, 0.29) is 18.3 Å². The van der Waals surface area contributed by atoms with E-state index in [2.05, 4.69) is 4.99 Å². The number of benzene rings is 3. The maximum absolute atomic E-state index is 14.0. The molecule has 5 rings (SSSR count). The lowest BCUT2D eigenvalue weighted by Gasteiger charge is -2.25. The number of nitrogens with zero attached hydrogens (tertiary/aromatic N) is 2. The van der Waals surface area contributed by atoms with Gasteiger partial charge in [0.2, 0.25) is 0 Å². The number of carbonyl (C=O) groups is 1. The van der Waals surface area contributed by atoms with Crippen molar-refractivity contribution in [3.63, 3.8) is 0 Å². The molecule has 8 nitrogen and oxygen atoms in total. The molecule has 0 amide bonds. The summed E-state index contributed by atoms with van der Waals surface area (Å²) in [5.41, 5.74) is 3.18. The first-order chi connectivity index (χ1) is 21.3. The van der Waals surface area contributed by atoms with E-state index in [0.717, 1.165) is 16.7 Å². The first-order valence-corrected chi connectivity index (χ1v) is 15.5. The van der Waals surface area contributed by atoms with Gasteiger partial charge in [0.05, 0.1) is 41.2 Å². The number of thiazole rings is 1. The fourth-order valence-corrected chi connectivity index (χ4v) is 6.04. The molecule has 0 saturated carbocycles. The molecule has 0 aliphatic carbocycles. The highest BCUT2D eigenvalue weighted by atomic mass is 32.1. The zero-order valence-electron chi connectivity index (χ0n) is 25.5. The lowest BCUT2D eigenvalue weighted by atomic mass is 9.96. The summed E-state index contributed by atoms with van der Waals surface area (Å²) in [5, 5.41) is 0. The van der Waals surface area contributed by atoms with E-state index in [4.69, 9.17) is 18.9 Å². The smallest absolute Gasteiger partial charge is 0.338 e. The average Bonchev–Trinajstić information content (AvgIpc) is 3.30. The normalized spacial score (nSPS) is 14.7. The van der Waals surface area contributed by atoms with E-state index in [1.54, 1.807) is 18.4 Å². The van der Waals surface area contributed by atoms with E-state index in [1.807, 2.05) is 99.6 Å². The average molecular weight is 613 g/mol. The molecule has 2 heterocycles. The molecular weight excluding hydrogens is 576 g/mol. The number of carbonyl (C=O) groups excluding carboxylic acids is 1. The molecule has 44 heavy (non-hydrogen) atoms. The van der Waals surface area contributed by atoms with E-state index in [1.165, 1.54) is 11.3 Å². The van der Waals surface area contributed by atoms with E-state index >= 15 is 0 Å². The van der Waals surface area contributed by atoms with Crippen molar-refractivity contribution in [1.29, 1.82) is 0 Å². The summed E-state index contributed by atoms with van der Waals surface area (Å²) in [6.45, 7) is 10.4. The molecule has 0 N–H and O–H groups in total. The maximum atomic E-state index is 14.0. The number of rotatable bonds is 11. The van der Waals surface area contributed by atoms with Crippen LogP contribution >= 0.6 is 11.3 Å². The van der Waals surface area contributed by atoms with Crippen LogP contribution in [0.25, 0.3) is 6.08 Å². The van der Waals surface area contributed by atoms with Gasteiger partial charge < -0.3 is 18.9 Å². The molecule has 9 heteroatoms. The van der Waals surface area contributed by atoms with Crippen LogP contribution in [-0.4, -0.2) is 29.9 Å².